The highest BCUT2D eigenvalue weighted by Crippen LogP contribution is 2.24. The van der Waals surface area contributed by atoms with E-state index in [0.717, 1.165) is 22.4 Å². The summed E-state index contributed by atoms with van der Waals surface area (Å²) in [6.07, 6.45) is 1.52. The van der Waals surface area contributed by atoms with Crippen LogP contribution in [0.3, 0.4) is 0 Å². The lowest BCUT2D eigenvalue weighted by molar-refractivity contribution is -0.141. The molecule has 0 aliphatic heterocycles. The standard InChI is InChI=1S/C29H32Cl2N2O2S/c1-3-21(2)32-29(35)27(19-22-9-5-4-6-10-22)33(20-23-11-7-8-12-26(23)31)28(34)17-18-36-25-15-13-24(30)14-16-25/h4-16,21,27H,3,17-20H2,1-2H3,(H,32,35). The fraction of sp³-hybridized carbons (Fsp3) is 0.310. The van der Waals surface area contributed by atoms with Gasteiger partial charge in [-0.15, -0.1) is 11.8 Å². The third-order valence-corrected chi connectivity index (χ3v) is 7.60. The minimum atomic E-state index is -0.661. The average molecular weight is 544 g/mol. The number of carbonyl (C=O) groups excluding carboxylic acids is 2. The molecule has 190 valence electrons. The summed E-state index contributed by atoms with van der Waals surface area (Å²) in [5, 5.41) is 4.34. The van der Waals surface area contributed by atoms with Gasteiger partial charge in [-0.1, -0.05) is 78.7 Å². The molecule has 4 nitrogen and oxygen atoms in total. The average Bonchev–Trinajstić information content (AvgIpc) is 2.88. The molecule has 2 amide bonds. The number of hydrogen-bond acceptors (Lipinski definition) is 3. The molecule has 0 aromatic heterocycles. The van der Waals surface area contributed by atoms with Crippen LogP contribution in [0.4, 0.5) is 0 Å². The van der Waals surface area contributed by atoms with E-state index in [1.165, 1.54) is 0 Å². The van der Waals surface area contributed by atoms with Gasteiger partial charge in [0.2, 0.25) is 11.8 Å². The third kappa shape index (κ3) is 8.58. The molecular formula is C29H32Cl2N2O2S. The summed E-state index contributed by atoms with van der Waals surface area (Å²) in [7, 11) is 0. The number of halogens is 2. The van der Waals surface area contributed by atoms with E-state index < -0.39 is 6.04 Å². The predicted octanol–water partition coefficient (Wildman–Crippen LogP) is 7.03. The van der Waals surface area contributed by atoms with Gasteiger partial charge in [0.15, 0.2) is 0 Å². The lowest BCUT2D eigenvalue weighted by Crippen LogP contribution is -2.52. The molecule has 0 radical (unpaired) electrons. The van der Waals surface area contributed by atoms with Crippen molar-refractivity contribution in [2.45, 2.75) is 56.6 Å². The molecule has 0 spiro atoms. The lowest BCUT2D eigenvalue weighted by atomic mass is 10.0. The summed E-state index contributed by atoms with van der Waals surface area (Å²) in [6.45, 7) is 4.26. The fourth-order valence-electron chi connectivity index (χ4n) is 3.74. The largest absolute Gasteiger partial charge is 0.352 e. The first-order chi connectivity index (χ1) is 17.4. The van der Waals surface area contributed by atoms with Crippen molar-refractivity contribution in [3.8, 4) is 0 Å². The topological polar surface area (TPSA) is 49.4 Å². The Morgan fingerprint density at radius 3 is 2.28 bits per heavy atom. The Morgan fingerprint density at radius 1 is 0.944 bits per heavy atom. The van der Waals surface area contributed by atoms with Crippen molar-refractivity contribution >= 4 is 46.8 Å². The number of nitrogens with zero attached hydrogens (tertiary/aromatic N) is 1. The van der Waals surface area contributed by atoms with Gasteiger partial charge in [-0.05, 0) is 54.8 Å². The van der Waals surface area contributed by atoms with Gasteiger partial charge in [0.25, 0.3) is 0 Å². The van der Waals surface area contributed by atoms with Gasteiger partial charge < -0.3 is 10.2 Å². The van der Waals surface area contributed by atoms with Crippen molar-refractivity contribution in [1.82, 2.24) is 10.2 Å². The van der Waals surface area contributed by atoms with Crippen LogP contribution < -0.4 is 5.32 Å². The monoisotopic (exact) mass is 542 g/mol. The van der Waals surface area contributed by atoms with E-state index in [1.807, 2.05) is 86.6 Å². The highest BCUT2D eigenvalue weighted by atomic mass is 35.5. The van der Waals surface area contributed by atoms with E-state index in [9.17, 15) is 9.59 Å². The third-order valence-electron chi connectivity index (χ3n) is 5.97. The molecule has 1 N–H and O–H groups in total. The van der Waals surface area contributed by atoms with Crippen molar-refractivity contribution in [3.63, 3.8) is 0 Å². The van der Waals surface area contributed by atoms with Crippen LogP contribution in [0.15, 0.2) is 83.8 Å². The number of thioether (sulfide) groups is 1. The summed E-state index contributed by atoms with van der Waals surface area (Å²) in [6, 6.07) is 24.2. The maximum atomic E-state index is 13.7. The first-order valence-electron chi connectivity index (χ1n) is 12.1. The van der Waals surface area contributed by atoms with Gasteiger partial charge in [0.05, 0.1) is 0 Å². The maximum absolute atomic E-state index is 13.7. The second kappa shape index (κ2) is 14.3. The minimum Gasteiger partial charge on any atom is -0.352 e. The van der Waals surface area contributed by atoms with E-state index in [4.69, 9.17) is 23.2 Å². The molecule has 0 heterocycles. The molecule has 3 rings (SSSR count). The molecule has 36 heavy (non-hydrogen) atoms. The highest BCUT2D eigenvalue weighted by molar-refractivity contribution is 7.99. The quantitative estimate of drug-likeness (QED) is 0.250. The van der Waals surface area contributed by atoms with E-state index in [1.54, 1.807) is 22.7 Å². The molecule has 0 aliphatic carbocycles. The molecule has 2 unspecified atom stereocenters. The first-order valence-corrected chi connectivity index (χ1v) is 13.9. The summed E-state index contributed by atoms with van der Waals surface area (Å²) in [5.41, 5.74) is 1.81. The summed E-state index contributed by atoms with van der Waals surface area (Å²) >= 11 is 14.0. The zero-order valence-corrected chi connectivity index (χ0v) is 23.0. The zero-order chi connectivity index (χ0) is 25.9. The smallest absolute Gasteiger partial charge is 0.243 e. The maximum Gasteiger partial charge on any atom is 0.243 e. The van der Waals surface area contributed by atoms with E-state index >= 15 is 0 Å². The van der Waals surface area contributed by atoms with Crippen molar-refractivity contribution in [2.24, 2.45) is 0 Å². The normalized spacial score (nSPS) is 12.6. The molecule has 0 saturated carbocycles. The van der Waals surface area contributed by atoms with Crippen LogP contribution in [0.5, 0.6) is 0 Å². The fourth-order valence-corrected chi connectivity index (χ4v) is 4.90. The summed E-state index contributed by atoms with van der Waals surface area (Å²) in [4.78, 5) is 29.9. The number of nitrogens with one attached hydrogen (secondary N) is 1. The van der Waals surface area contributed by atoms with Crippen LogP contribution >= 0.6 is 35.0 Å². The first kappa shape index (κ1) is 28.1. The van der Waals surface area contributed by atoms with Gasteiger partial charge in [0, 0.05) is 46.1 Å². The van der Waals surface area contributed by atoms with E-state index in [0.29, 0.717) is 28.6 Å². The number of amides is 2. The van der Waals surface area contributed by atoms with Crippen LogP contribution in [0.25, 0.3) is 0 Å². The Bertz CT molecular complexity index is 1130. The molecule has 3 aromatic rings. The van der Waals surface area contributed by atoms with Crippen molar-refractivity contribution in [2.75, 3.05) is 5.75 Å². The Kier molecular flexibility index (Phi) is 11.2. The van der Waals surface area contributed by atoms with Crippen molar-refractivity contribution in [1.29, 1.82) is 0 Å². The Hall–Kier alpha value is -2.47. The molecule has 0 bridgehead atoms. The lowest BCUT2D eigenvalue weighted by Gasteiger charge is -2.32. The van der Waals surface area contributed by atoms with Crippen molar-refractivity contribution < 1.29 is 9.59 Å². The van der Waals surface area contributed by atoms with Crippen LogP contribution in [0.2, 0.25) is 10.0 Å². The number of hydrogen-bond donors (Lipinski definition) is 1. The zero-order valence-electron chi connectivity index (χ0n) is 20.6. The van der Waals surface area contributed by atoms with Gasteiger partial charge >= 0.3 is 0 Å². The number of carbonyl (C=O) groups is 2. The summed E-state index contributed by atoms with van der Waals surface area (Å²) in [5.74, 6) is 0.348. The Balaban J connectivity index is 1.86. The van der Waals surface area contributed by atoms with Gasteiger partial charge in [-0.25, -0.2) is 0 Å². The van der Waals surface area contributed by atoms with Gasteiger partial charge in [-0.2, -0.15) is 0 Å². The second-order valence-electron chi connectivity index (χ2n) is 8.69. The van der Waals surface area contributed by atoms with E-state index in [2.05, 4.69) is 5.32 Å². The predicted molar refractivity (Wildman–Crippen MR) is 151 cm³/mol. The molecule has 0 aliphatic rings. The molecular weight excluding hydrogens is 511 g/mol. The van der Waals surface area contributed by atoms with Gasteiger partial charge in [-0.3, -0.25) is 9.59 Å². The number of rotatable bonds is 12. The SMILES string of the molecule is CCC(C)NC(=O)C(Cc1ccccc1)N(Cc1ccccc1Cl)C(=O)CCSc1ccc(Cl)cc1. The minimum absolute atomic E-state index is 0.00787. The summed E-state index contributed by atoms with van der Waals surface area (Å²) < 4.78 is 0. The van der Waals surface area contributed by atoms with Crippen LogP contribution in [0, 0.1) is 0 Å². The molecule has 2 atom stereocenters. The molecule has 7 heteroatoms. The van der Waals surface area contributed by atoms with Gasteiger partial charge in [0.1, 0.15) is 6.04 Å². The Morgan fingerprint density at radius 2 is 1.61 bits per heavy atom. The molecule has 3 aromatic carbocycles. The highest BCUT2D eigenvalue weighted by Gasteiger charge is 2.31. The van der Waals surface area contributed by atoms with Crippen LogP contribution in [-0.2, 0) is 22.6 Å². The van der Waals surface area contributed by atoms with Crippen molar-refractivity contribution in [3.05, 3.63) is 100 Å². The van der Waals surface area contributed by atoms with Crippen LogP contribution in [0.1, 0.15) is 37.8 Å². The second-order valence-corrected chi connectivity index (χ2v) is 10.7. The Labute approximate surface area is 228 Å². The molecule has 0 fully saturated rings. The molecule has 0 saturated heterocycles. The van der Waals surface area contributed by atoms with Crippen LogP contribution in [-0.4, -0.2) is 34.6 Å². The number of benzene rings is 3. The van der Waals surface area contributed by atoms with E-state index in [-0.39, 0.29) is 24.4 Å².